The quantitative estimate of drug-likeness (QED) is 0.805. The van der Waals surface area contributed by atoms with Crippen molar-refractivity contribution in [2.24, 2.45) is 0 Å². The number of hydrogen-bond acceptors (Lipinski definition) is 5. The zero-order valence-electron chi connectivity index (χ0n) is 14.5. The van der Waals surface area contributed by atoms with E-state index in [1.165, 1.54) is 4.68 Å². The maximum absolute atomic E-state index is 12.4. The third kappa shape index (κ3) is 4.83. The van der Waals surface area contributed by atoms with Gasteiger partial charge in [0.05, 0.1) is 12.5 Å². The van der Waals surface area contributed by atoms with Crippen molar-refractivity contribution in [2.45, 2.75) is 25.6 Å². The Bertz CT molecular complexity index is 845. The number of nitrogens with one attached hydrogen (secondary N) is 1. The van der Waals surface area contributed by atoms with Crippen molar-refractivity contribution in [1.29, 1.82) is 0 Å². The van der Waals surface area contributed by atoms with Gasteiger partial charge in [-0.2, -0.15) is 9.82 Å². The standard InChI is InChI=1S/C17H22N4O4S/c1-26(23,24)19-16(25-17(22)20-10-6-3-7-11-20)21-13-15(12-18-21)14-8-4-2-5-9-14/h2,4-5,8-9,12-13,16,19H,3,6-7,10-11H2,1H3. The molecule has 2 aromatic rings. The average Bonchev–Trinajstić information content (AvgIpc) is 3.12. The second kappa shape index (κ2) is 7.88. The van der Waals surface area contributed by atoms with Gasteiger partial charge in [0.25, 0.3) is 6.35 Å². The van der Waals surface area contributed by atoms with Crippen LogP contribution in [0.5, 0.6) is 0 Å². The smallest absolute Gasteiger partial charge is 0.408 e. The minimum absolute atomic E-state index is 0.553. The second-order valence-corrected chi connectivity index (χ2v) is 8.03. The number of nitrogens with zero attached hydrogens (tertiary/aromatic N) is 3. The molecule has 1 atom stereocenters. The van der Waals surface area contributed by atoms with Crippen LogP contribution in [0.25, 0.3) is 11.1 Å². The molecule has 9 heteroatoms. The van der Waals surface area contributed by atoms with Crippen molar-refractivity contribution in [2.75, 3.05) is 19.3 Å². The Hall–Kier alpha value is -2.39. The Labute approximate surface area is 152 Å². The van der Waals surface area contributed by atoms with Gasteiger partial charge >= 0.3 is 6.09 Å². The topological polar surface area (TPSA) is 93.5 Å². The number of benzene rings is 1. The summed E-state index contributed by atoms with van der Waals surface area (Å²) in [7, 11) is -3.61. The van der Waals surface area contributed by atoms with E-state index >= 15 is 0 Å². The summed E-state index contributed by atoms with van der Waals surface area (Å²) >= 11 is 0. The Kier molecular flexibility index (Phi) is 5.58. The maximum Gasteiger partial charge on any atom is 0.412 e. The van der Waals surface area contributed by atoms with Gasteiger partial charge in [-0.1, -0.05) is 30.3 Å². The highest BCUT2D eigenvalue weighted by Gasteiger charge is 2.25. The minimum atomic E-state index is -3.61. The van der Waals surface area contributed by atoms with Crippen molar-refractivity contribution >= 4 is 16.1 Å². The number of sulfonamides is 1. The molecule has 1 fully saturated rings. The fourth-order valence-corrected chi connectivity index (χ4v) is 3.33. The van der Waals surface area contributed by atoms with Crippen LogP contribution in [0.4, 0.5) is 4.79 Å². The van der Waals surface area contributed by atoms with Gasteiger partial charge < -0.3 is 9.64 Å². The summed E-state index contributed by atoms with van der Waals surface area (Å²) in [5.74, 6) is 0. The van der Waals surface area contributed by atoms with Crippen LogP contribution in [0.3, 0.4) is 0 Å². The lowest BCUT2D eigenvalue weighted by Gasteiger charge is -2.28. The van der Waals surface area contributed by atoms with Crippen molar-refractivity contribution < 1.29 is 17.9 Å². The van der Waals surface area contributed by atoms with Crippen molar-refractivity contribution in [3.05, 3.63) is 42.7 Å². The van der Waals surface area contributed by atoms with Crippen LogP contribution in [-0.2, 0) is 14.8 Å². The van der Waals surface area contributed by atoms with E-state index in [0.29, 0.717) is 13.1 Å². The van der Waals surface area contributed by atoms with E-state index in [4.69, 9.17) is 4.74 Å². The first-order chi connectivity index (χ1) is 12.4. The number of carbonyl (C=O) groups is 1. The van der Waals surface area contributed by atoms with Crippen LogP contribution < -0.4 is 4.72 Å². The minimum Gasteiger partial charge on any atom is -0.408 e. The van der Waals surface area contributed by atoms with Gasteiger partial charge in [-0.25, -0.2) is 17.9 Å². The molecule has 2 heterocycles. The molecule has 26 heavy (non-hydrogen) atoms. The summed E-state index contributed by atoms with van der Waals surface area (Å²) in [6.45, 7) is 1.22. The van der Waals surface area contributed by atoms with Gasteiger partial charge in [-0.15, -0.1) is 0 Å². The van der Waals surface area contributed by atoms with E-state index in [2.05, 4.69) is 9.82 Å². The molecule has 1 aromatic carbocycles. The van der Waals surface area contributed by atoms with E-state index < -0.39 is 22.5 Å². The first kappa shape index (κ1) is 18.4. The highest BCUT2D eigenvalue weighted by Crippen LogP contribution is 2.20. The van der Waals surface area contributed by atoms with E-state index in [-0.39, 0.29) is 0 Å². The van der Waals surface area contributed by atoms with Crippen molar-refractivity contribution in [3.63, 3.8) is 0 Å². The van der Waals surface area contributed by atoms with E-state index in [1.54, 1.807) is 17.3 Å². The maximum atomic E-state index is 12.4. The monoisotopic (exact) mass is 378 g/mol. The zero-order chi connectivity index (χ0) is 18.6. The molecule has 1 amide bonds. The second-order valence-electron chi connectivity index (χ2n) is 6.25. The Balaban J connectivity index is 1.80. The number of amides is 1. The van der Waals surface area contributed by atoms with Gasteiger partial charge in [0.2, 0.25) is 10.0 Å². The molecule has 0 aliphatic carbocycles. The number of hydrogen-bond donors (Lipinski definition) is 1. The largest absolute Gasteiger partial charge is 0.412 e. The third-order valence-electron chi connectivity index (χ3n) is 4.09. The van der Waals surface area contributed by atoms with Crippen LogP contribution >= 0.6 is 0 Å². The van der Waals surface area contributed by atoms with E-state index in [1.807, 2.05) is 30.3 Å². The lowest BCUT2D eigenvalue weighted by molar-refractivity contribution is 0.0123. The average molecular weight is 378 g/mol. The van der Waals surface area contributed by atoms with Crippen LogP contribution in [0.1, 0.15) is 25.6 Å². The molecular weight excluding hydrogens is 356 g/mol. The Morgan fingerprint density at radius 3 is 2.50 bits per heavy atom. The number of carbonyl (C=O) groups excluding carboxylic acids is 1. The molecule has 1 aliphatic heterocycles. The van der Waals surface area contributed by atoms with E-state index in [0.717, 1.165) is 36.6 Å². The SMILES string of the molecule is CS(=O)(=O)NC(OC(=O)N1CCCCC1)n1cc(-c2ccccc2)cn1. The van der Waals surface area contributed by atoms with E-state index in [9.17, 15) is 13.2 Å². The fraction of sp³-hybridized carbons (Fsp3) is 0.412. The summed E-state index contributed by atoms with van der Waals surface area (Å²) in [6.07, 6.45) is 5.37. The summed E-state index contributed by atoms with van der Waals surface area (Å²) in [5.41, 5.74) is 1.72. The molecular formula is C17H22N4O4S. The third-order valence-corrected chi connectivity index (χ3v) is 4.72. The normalized spacial score (nSPS) is 16.3. The van der Waals surface area contributed by atoms with Gasteiger partial charge in [0.15, 0.2) is 0 Å². The molecule has 1 unspecified atom stereocenters. The molecule has 1 aliphatic rings. The summed E-state index contributed by atoms with van der Waals surface area (Å²) in [6, 6.07) is 9.53. The van der Waals surface area contributed by atoms with Crippen LogP contribution in [-0.4, -0.2) is 48.5 Å². The van der Waals surface area contributed by atoms with Gasteiger partial charge in [0.1, 0.15) is 0 Å². The van der Waals surface area contributed by atoms with Crippen LogP contribution in [0, 0.1) is 0 Å². The molecule has 1 aromatic heterocycles. The molecule has 1 N–H and O–H groups in total. The number of likely N-dealkylation sites (tertiary alicyclic amines) is 1. The predicted molar refractivity (Wildman–Crippen MR) is 96.6 cm³/mol. The molecule has 0 spiro atoms. The first-order valence-electron chi connectivity index (χ1n) is 8.45. The van der Waals surface area contributed by atoms with Crippen LogP contribution in [0.15, 0.2) is 42.7 Å². The Morgan fingerprint density at radius 1 is 1.15 bits per heavy atom. The predicted octanol–water partition coefficient (Wildman–Crippen LogP) is 2.18. The van der Waals surface area contributed by atoms with Crippen molar-refractivity contribution in [1.82, 2.24) is 19.4 Å². The number of ether oxygens (including phenoxy) is 1. The Morgan fingerprint density at radius 2 is 1.85 bits per heavy atom. The summed E-state index contributed by atoms with van der Waals surface area (Å²) in [4.78, 5) is 14.0. The van der Waals surface area contributed by atoms with Crippen LogP contribution in [0.2, 0.25) is 0 Å². The summed E-state index contributed by atoms with van der Waals surface area (Å²) in [5, 5.41) is 4.17. The fourth-order valence-electron chi connectivity index (χ4n) is 2.81. The molecule has 140 valence electrons. The highest BCUT2D eigenvalue weighted by atomic mass is 32.2. The first-order valence-corrected chi connectivity index (χ1v) is 10.3. The highest BCUT2D eigenvalue weighted by molar-refractivity contribution is 7.88. The zero-order valence-corrected chi connectivity index (χ0v) is 15.4. The van der Waals surface area contributed by atoms with Gasteiger partial charge in [-0.3, -0.25) is 0 Å². The summed E-state index contributed by atoms with van der Waals surface area (Å²) < 4.78 is 32.4. The molecule has 3 rings (SSSR count). The molecule has 0 saturated carbocycles. The molecule has 0 radical (unpaired) electrons. The molecule has 1 saturated heterocycles. The van der Waals surface area contributed by atoms with Crippen molar-refractivity contribution in [3.8, 4) is 11.1 Å². The molecule has 8 nitrogen and oxygen atoms in total. The van der Waals surface area contributed by atoms with Gasteiger partial charge in [-0.05, 0) is 24.8 Å². The number of piperidine rings is 1. The molecule has 0 bridgehead atoms. The van der Waals surface area contributed by atoms with Gasteiger partial charge in [0, 0.05) is 24.8 Å². The lowest BCUT2D eigenvalue weighted by atomic mass is 10.1. The number of rotatable bonds is 5. The lowest BCUT2D eigenvalue weighted by Crippen LogP contribution is -2.41. The number of aromatic nitrogens is 2.